The third-order valence-electron chi connectivity index (χ3n) is 4.15. The second kappa shape index (κ2) is 6.52. The van der Waals surface area contributed by atoms with Gasteiger partial charge in [0.2, 0.25) is 0 Å². The number of anilines is 1. The van der Waals surface area contributed by atoms with Crippen molar-refractivity contribution in [2.24, 2.45) is 5.73 Å². The fraction of sp³-hybridized carbons (Fsp3) is 0.250. The molecule has 0 unspecified atom stereocenters. The van der Waals surface area contributed by atoms with Crippen LogP contribution in [-0.4, -0.2) is 58.2 Å². The summed E-state index contributed by atoms with van der Waals surface area (Å²) in [5.74, 6) is -0.786. The van der Waals surface area contributed by atoms with Crippen LogP contribution in [0.2, 0.25) is 0 Å². The normalized spacial score (nSPS) is 15.2. The lowest BCUT2D eigenvalue weighted by Gasteiger charge is -2.34. The molecule has 9 heteroatoms. The molecule has 1 fully saturated rings. The van der Waals surface area contributed by atoms with E-state index in [0.29, 0.717) is 37.4 Å². The quantitative estimate of drug-likeness (QED) is 0.556. The van der Waals surface area contributed by atoms with Crippen LogP contribution in [0.15, 0.2) is 24.0 Å². The third kappa shape index (κ3) is 3.23. The summed E-state index contributed by atoms with van der Waals surface area (Å²) in [6, 6.07) is 3.68. The first kappa shape index (κ1) is 16.3. The maximum absolute atomic E-state index is 11.2. The molecule has 0 radical (unpaired) electrons. The molecule has 3 rings (SSSR count). The number of nitrogens with two attached hydrogens (primary N) is 1. The monoisotopic (exact) mass is 340 g/mol. The highest BCUT2D eigenvalue weighted by Crippen LogP contribution is 2.25. The standard InChI is InChI=1S/C16H16N6O3/c17-7-10(14(18)23)5-11-8-19-15-13(11)6-12(9-20-15)21-1-3-22(4-2-21)16(24)25/h5-6,8-9H,1-4H2,(H2,18,23)(H,19,20)(H,24,25)/b10-5-. The molecule has 0 aliphatic carbocycles. The van der Waals surface area contributed by atoms with Crippen molar-refractivity contribution < 1.29 is 14.7 Å². The summed E-state index contributed by atoms with van der Waals surface area (Å²) < 4.78 is 0. The van der Waals surface area contributed by atoms with Crippen LogP contribution < -0.4 is 10.6 Å². The molecule has 1 saturated heterocycles. The molecule has 0 aromatic carbocycles. The number of nitrogens with one attached hydrogen (secondary N) is 1. The van der Waals surface area contributed by atoms with Gasteiger partial charge in [-0.1, -0.05) is 0 Å². The number of aromatic nitrogens is 2. The van der Waals surface area contributed by atoms with Gasteiger partial charge in [0.05, 0.1) is 11.9 Å². The number of primary amides is 1. The summed E-state index contributed by atoms with van der Waals surface area (Å²) in [6.07, 6.45) is 3.88. The molecule has 4 N–H and O–H groups in total. The third-order valence-corrected chi connectivity index (χ3v) is 4.15. The molecule has 1 aliphatic heterocycles. The number of carbonyl (C=O) groups excluding carboxylic acids is 1. The molecule has 3 heterocycles. The van der Waals surface area contributed by atoms with Crippen molar-refractivity contribution in [3.8, 4) is 6.07 Å². The number of carbonyl (C=O) groups is 2. The molecular formula is C16H16N6O3. The highest BCUT2D eigenvalue weighted by atomic mass is 16.4. The molecule has 0 atom stereocenters. The Kier molecular flexibility index (Phi) is 4.26. The summed E-state index contributed by atoms with van der Waals surface area (Å²) in [5.41, 5.74) is 7.16. The number of piperazine rings is 1. The zero-order valence-electron chi connectivity index (χ0n) is 13.3. The highest BCUT2D eigenvalue weighted by Gasteiger charge is 2.21. The Bertz CT molecular complexity index is 902. The summed E-state index contributed by atoms with van der Waals surface area (Å²) in [7, 11) is 0. The van der Waals surface area contributed by atoms with Crippen LogP contribution in [0.5, 0.6) is 0 Å². The SMILES string of the molecule is N#C/C(=C/c1c[nH]c2ncc(N3CCN(C(=O)O)CC3)cc12)C(N)=O. The first-order valence-corrected chi connectivity index (χ1v) is 7.61. The van der Waals surface area contributed by atoms with Gasteiger partial charge in [-0.3, -0.25) is 4.79 Å². The number of nitrogens with zero attached hydrogens (tertiary/aromatic N) is 4. The average molecular weight is 340 g/mol. The van der Waals surface area contributed by atoms with Crippen molar-refractivity contribution in [3.63, 3.8) is 0 Å². The lowest BCUT2D eigenvalue weighted by atomic mass is 10.1. The second-order valence-electron chi connectivity index (χ2n) is 5.62. The minimum absolute atomic E-state index is 0.138. The number of fused-ring (bicyclic) bond motifs is 1. The molecular weight excluding hydrogens is 324 g/mol. The number of carboxylic acid groups (broad SMARTS) is 1. The van der Waals surface area contributed by atoms with Crippen LogP contribution in [0.1, 0.15) is 5.56 Å². The van der Waals surface area contributed by atoms with Crippen molar-refractivity contribution in [2.75, 3.05) is 31.1 Å². The van der Waals surface area contributed by atoms with Crippen LogP contribution in [-0.2, 0) is 4.79 Å². The fourth-order valence-electron chi connectivity index (χ4n) is 2.77. The largest absolute Gasteiger partial charge is 0.465 e. The molecule has 25 heavy (non-hydrogen) atoms. The maximum Gasteiger partial charge on any atom is 0.407 e. The van der Waals surface area contributed by atoms with Gasteiger partial charge in [0.15, 0.2) is 0 Å². The van der Waals surface area contributed by atoms with E-state index in [-0.39, 0.29) is 5.57 Å². The van der Waals surface area contributed by atoms with Crippen molar-refractivity contribution in [1.29, 1.82) is 5.26 Å². The van der Waals surface area contributed by atoms with Gasteiger partial charge in [0, 0.05) is 43.3 Å². The average Bonchev–Trinajstić information content (AvgIpc) is 3.01. The van der Waals surface area contributed by atoms with Crippen molar-refractivity contribution >= 4 is 34.8 Å². The number of nitriles is 1. The molecule has 0 spiro atoms. The van der Waals surface area contributed by atoms with E-state index in [4.69, 9.17) is 16.1 Å². The zero-order chi connectivity index (χ0) is 18.0. The first-order chi connectivity index (χ1) is 12.0. The van der Waals surface area contributed by atoms with Gasteiger partial charge in [-0.25, -0.2) is 9.78 Å². The molecule has 2 aromatic rings. The molecule has 0 bridgehead atoms. The van der Waals surface area contributed by atoms with Crippen LogP contribution in [0, 0.1) is 11.3 Å². The second-order valence-corrected chi connectivity index (χ2v) is 5.62. The van der Waals surface area contributed by atoms with Gasteiger partial charge in [0.25, 0.3) is 5.91 Å². The van der Waals surface area contributed by atoms with Crippen molar-refractivity contribution in [3.05, 3.63) is 29.6 Å². The summed E-state index contributed by atoms with van der Waals surface area (Å²) in [4.78, 5) is 33.0. The Morgan fingerprint density at radius 3 is 2.68 bits per heavy atom. The number of hydrogen-bond donors (Lipinski definition) is 3. The predicted octanol–water partition coefficient (Wildman–Crippen LogP) is 0.755. The zero-order valence-corrected chi connectivity index (χ0v) is 13.3. The Balaban J connectivity index is 1.90. The van der Waals surface area contributed by atoms with Crippen molar-refractivity contribution in [2.45, 2.75) is 0 Å². The number of rotatable bonds is 3. The number of amides is 2. The Hall–Kier alpha value is -3.54. The van der Waals surface area contributed by atoms with E-state index in [1.165, 1.54) is 11.0 Å². The van der Waals surface area contributed by atoms with E-state index < -0.39 is 12.0 Å². The van der Waals surface area contributed by atoms with E-state index >= 15 is 0 Å². The van der Waals surface area contributed by atoms with Gasteiger partial charge >= 0.3 is 6.09 Å². The van der Waals surface area contributed by atoms with E-state index in [9.17, 15) is 9.59 Å². The molecule has 9 nitrogen and oxygen atoms in total. The number of H-pyrrole nitrogens is 1. The Labute approximate surface area is 143 Å². The fourth-order valence-corrected chi connectivity index (χ4v) is 2.77. The summed E-state index contributed by atoms with van der Waals surface area (Å²) in [6.45, 7) is 1.99. The van der Waals surface area contributed by atoms with Gasteiger partial charge in [-0.05, 0) is 12.1 Å². The predicted molar refractivity (Wildman–Crippen MR) is 90.7 cm³/mol. The topological polar surface area (TPSA) is 139 Å². The van der Waals surface area contributed by atoms with Gasteiger partial charge < -0.3 is 25.6 Å². The minimum Gasteiger partial charge on any atom is -0.465 e. The van der Waals surface area contributed by atoms with Crippen LogP contribution in [0.25, 0.3) is 17.1 Å². The van der Waals surface area contributed by atoms with Gasteiger partial charge in [-0.15, -0.1) is 0 Å². The first-order valence-electron chi connectivity index (χ1n) is 7.61. The summed E-state index contributed by atoms with van der Waals surface area (Å²) >= 11 is 0. The molecule has 0 saturated carbocycles. The van der Waals surface area contributed by atoms with Crippen molar-refractivity contribution in [1.82, 2.24) is 14.9 Å². The van der Waals surface area contributed by atoms with Crippen LogP contribution in [0.3, 0.4) is 0 Å². The number of pyridine rings is 1. The summed E-state index contributed by atoms with van der Waals surface area (Å²) in [5, 5.41) is 18.8. The molecule has 128 valence electrons. The highest BCUT2D eigenvalue weighted by molar-refractivity contribution is 6.03. The lowest BCUT2D eigenvalue weighted by molar-refractivity contribution is -0.114. The molecule has 2 aromatic heterocycles. The van der Waals surface area contributed by atoms with E-state index in [0.717, 1.165) is 11.1 Å². The van der Waals surface area contributed by atoms with Crippen LogP contribution >= 0.6 is 0 Å². The molecule has 1 aliphatic rings. The number of aromatic amines is 1. The smallest absolute Gasteiger partial charge is 0.407 e. The Morgan fingerprint density at radius 2 is 2.08 bits per heavy atom. The molecule has 2 amide bonds. The Morgan fingerprint density at radius 1 is 1.36 bits per heavy atom. The lowest BCUT2D eigenvalue weighted by Crippen LogP contribution is -2.48. The van der Waals surface area contributed by atoms with E-state index in [2.05, 4.69) is 9.97 Å². The van der Waals surface area contributed by atoms with Gasteiger partial charge in [-0.2, -0.15) is 5.26 Å². The van der Waals surface area contributed by atoms with E-state index in [1.807, 2.05) is 11.0 Å². The maximum atomic E-state index is 11.2. The van der Waals surface area contributed by atoms with E-state index in [1.54, 1.807) is 18.5 Å². The van der Waals surface area contributed by atoms with Crippen LogP contribution in [0.4, 0.5) is 10.5 Å². The minimum atomic E-state index is -0.915. The van der Waals surface area contributed by atoms with Gasteiger partial charge in [0.1, 0.15) is 17.3 Å². The number of hydrogen-bond acceptors (Lipinski definition) is 5.